The van der Waals surface area contributed by atoms with Crippen LogP contribution in [-0.2, 0) is 0 Å². The van der Waals surface area contributed by atoms with E-state index in [0.29, 0.717) is 5.82 Å². The lowest BCUT2D eigenvalue weighted by molar-refractivity contribution is 0.913. The highest BCUT2D eigenvalue weighted by atomic mass is 16.1. The fourth-order valence-electron chi connectivity index (χ4n) is 1.29. The van der Waals surface area contributed by atoms with E-state index in [2.05, 4.69) is 25.7 Å². The molecule has 0 saturated heterocycles. The Balaban J connectivity index is 2.05. The summed E-state index contributed by atoms with van der Waals surface area (Å²) < 4.78 is 0. The Labute approximate surface area is 97.4 Å². The van der Waals surface area contributed by atoms with Crippen LogP contribution in [0.25, 0.3) is 0 Å². The van der Waals surface area contributed by atoms with Crippen molar-refractivity contribution in [3.63, 3.8) is 0 Å². The van der Waals surface area contributed by atoms with Crippen LogP contribution in [0.5, 0.6) is 0 Å². The summed E-state index contributed by atoms with van der Waals surface area (Å²) in [6, 6.07) is 7.88. The standard InChI is InChI=1S/C11H11N5O/c1-8-3-2-4-9(5-8)6-12-15-10-7-13-16-11(17)14-10/h2-7H,1H3,(H2,14,15,16,17)/b12-6-. The van der Waals surface area contributed by atoms with E-state index in [1.165, 1.54) is 6.20 Å². The Hall–Kier alpha value is -2.50. The molecule has 6 heteroatoms. The third kappa shape index (κ3) is 3.23. The van der Waals surface area contributed by atoms with Gasteiger partial charge in [-0.25, -0.2) is 9.89 Å². The third-order valence-electron chi connectivity index (χ3n) is 2.00. The summed E-state index contributed by atoms with van der Waals surface area (Å²) in [5.41, 5.74) is 4.24. The molecule has 0 radical (unpaired) electrons. The molecular weight excluding hydrogens is 218 g/mol. The van der Waals surface area contributed by atoms with E-state index in [0.717, 1.165) is 11.1 Å². The smallest absolute Gasteiger partial charge is 0.260 e. The zero-order chi connectivity index (χ0) is 12.1. The van der Waals surface area contributed by atoms with Gasteiger partial charge in [0.05, 0.1) is 12.4 Å². The van der Waals surface area contributed by atoms with E-state index >= 15 is 0 Å². The van der Waals surface area contributed by atoms with Gasteiger partial charge in [-0.1, -0.05) is 29.8 Å². The average molecular weight is 229 g/mol. The highest BCUT2D eigenvalue weighted by Crippen LogP contribution is 2.01. The Morgan fingerprint density at radius 2 is 2.35 bits per heavy atom. The first kappa shape index (κ1) is 11.0. The number of hydrazone groups is 1. The van der Waals surface area contributed by atoms with Crippen molar-refractivity contribution >= 4 is 12.0 Å². The normalized spacial score (nSPS) is 10.6. The zero-order valence-electron chi connectivity index (χ0n) is 9.21. The van der Waals surface area contributed by atoms with Crippen molar-refractivity contribution in [2.45, 2.75) is 6.92 Å². The van der Waals surface area contributed by atoms with Gasteiger partial charge in [0, 0.05) is 0 Å². The molecule has 0 amide bonds. The van der Waals surface area contributed by atoms with E-state index in [9.17, 15) is 4.79 Å². The van der Waals surface area contributed by atoms with Crippen LogP contribution in [0, 0.1) is 6.92 Å². The molecule has 0 bridgehead atoms. The number of hydrogen-bond donors (Lipinski definition) is 2. The predicted molar refractivity (Wildman–Crippen MR) is 65.0 cm³/mol. The third-order valence-corrected chi connectivity index (χ3v) is 2.00. The van der Waals surface area contributed by atoms with Crippen molar-refractivity contribution < 1.29 is 0 Å². The summed E-state index contributed by atoms with van der Waals surface area (Å²) in [4.78, 5) is 14.5. The second-order valence-electron chi connectivity index (χ2n) is 3.46. The van der Waals surface area contributed by atoms with Crippen molar-refractivity contribution in [2.75, 3.05) is 5.43 Å². The number of benzene rings is 1. The van der Waals surface area contributed by atoms with Crippen LogP contribution in [-0.4, -0.2) is 21.4 Å². The second kappa shape index (κ2) is 5.02. The number of H-pyrrole nitrogens is 1. The maximum Gasteiger partial charge on any atom is 0.363 e. The Morgan fingerprint density at radius 3 is 3.12 bits per heavy atom. The summed E-state index contributed by atoms with van der Waals surface area (Å²) in [7, 11) is 0. The molecule has 6 nitrogen and oxygen atoms in total. The van der Waals surface area contributed by atoms with E-state index in [-0.39, 0.29) is 0 Å². The van der Waals surface area contributed by atoms with Gasteiger partial charge in [-0.2, -0.15) is 15.2 Å². The van der Waals surface area contributed by atoms with Gasteiger partial charge in [-0.15, -0.1) is 0 Å². The van der Waals surface area contributed by atoms with E-state index < -0.39 is 5.69 Å². The first-order valence-corrected chi connectivity index (χ1v) is 5.01. The Morgan fingerprint density at radius 1 is 1.47 bits per heavy atom. The van der Waals surface area contributed by atoms with Crippen LogP contribution in [0.15, 0.2) is 40.4 Å². The lowest BCUT2D eigenvalue weighted by Gasteiger charge is -1.97. The van der Waals surface area contributed by atoms with Crippen LogP contribution < -0.4 is 11.1 Å². The predicted octanol–water partition coefficient (Wildman–Crippen LogP) is 0.919. The molecule has 17 heavy (non-hydrogen) atoms. The van der Waals surface area contributed by atoms with Crippen LogP contribution in [0.4, 0.5) is 5.82 Å². The lowest BCUT2D eigenvalue weighted by atomic mass is 10.2. The summed E-state index contributed by atoms with van der Waals surface area (Å²) in [5, 5.41) is 9.73. The maximum absolute atomic E-state index is 10.8. The van der Waals surface area contributed by atoms with Crippen molar-refractivity contribution in [2.24, 2.45) is 5.10 Å². The molecule has 2 N–H and O–H groups in total. The molecule has 0 aliphatic carbocycles. The first-order valence-electron chi connectivity index (χ1n) is 5.01. The zero-order valence-corrected chi connectivity index (χ0v) is 9.21. The monoisotopic (exact) mass is 229 g/mol. The van der Waals surface area contributed by atoms with Crippen LogP contribution >= 0.6 is 0 Å². The quantitative estimate of drug-likeness (QED) is 0.605. The number of aromatic amines is 1. The van der Waals surface area contributed by atoms with Crippen LogP contribution in [0.3, 0.4) is 0 Å². The summed E-state index contributed by atoms with van der Waals surface area (Å²) in [5.74, 6) is 0.303. The number of aromatic nitrogens is 3. The van der Waals surface area contributed by atoms with Gasteiger partial charge in [-0.3, -0.25) is 5.43 Å². The fourth-order valence-corrected chi connectivity index (χ4v) is 1.29. The van der Waals surface area contributed by atoms with E-state index in [4.69, 9.17) is 0 Å². The van der Waals surface area contributed by atoms with Crippen molar-refractivity contribution in [3.8, 4) is 0 Å². The van der Waals surface area contributed by atoms with E-state index in [1.54, 1.807) is 6.21 Å². The highest BCUT2D eigenvalue weighted by Gasteiger charge is 1.92. The summed E-state index contributed by atoms with van der Waals surface area (Å²) in [6.07, 6.45) is 3.03. The van der Waals surface area contributed by atoms with E-state index in [1.807, 2.05) is 31.2 Å². The van der Waals surface area contributed by atoms with Gasteiger partial charge in [-0.05, 0) is 12.5 Å². The molecule has 2 rings (SSSR count). The molecule has 2 aromatic rings. The molecule has 0 saturated carbocycles. The minimum Gasteiger partial charge on any atom is -0.260 e. The number of rotatable bonds is 3. The molecule has 0 fully saturated rings. The molecule has 0 atom stereocenters. The van der Waals surface area contributed by atoms with Gasteiger partial charge in [0.15, 0.2) is 5.82 Å². The van der Waals surface area contributed by atoms with Gasteiger partial charge < -0.3 is 0 Å². The summed E-state index contributed by atoms with van der Waals surface area (Å²) in [6.45, 7) is 2.01. The number of aryl methyl sites for hydroxylation is 1. The molecule has 1 aromatic heterocycles. The topological polar surface area (TPSA) is 83.0 Å². The molecule has 1 heterocycles. The lowest BCUT2D eigenvalue weighted by Crippen LogP contribution is -2.13. The minimum atomic E-state index is -0.513. The Bertz CT molecular complexity index is 590. The SMILES string of the molecule is Cc1cccc(/C=N\Nc2cn[nH]c(=O)n2)c1. The molecule has 1 aromatic carbocycles. The number of hydrogen-bond acceptors (Lipinski definition) is 5. The highest BCUT2D eigenvalue weighted by molar-refractivity contribution is 5.80. The van der Waals surface area contributed by atoms with Gasteiger partial charge >= 0.3 is 5.69 Å². The van der Waals surface area contributed by atoms with Gasteiger partial charge in [0.1, 0.15) is 0 Å². The van der Waals surface area contributed by atoms with Crippen LogP contribution in [0.1, 0.15) is 11.1 Å². The molecule has 0 spiro atoms. The maximum atomic E-state index is 10.8. The largest absolute Gasteiger partial charge is 0.363 e. The average Bonchev–Trinajstić information content (AvgIpc) is 2.29. The number of nitrogens with one attached hydrogen (secondary N) is 2. The van der Waals surface area contributed by atoms with Crippen molar-refractivity contribution in [1.29, 1.82) is 0 Å². The molecular formula is C11H11N5O. The fraction of sp³-hybridized carbons (Fsp3) is 0.0909. The molecule has 86 valence electrons. The molecule has 0 unspecified atom stereocenters. The van der Waals surface area contributed by atoms with Crippen LogP contribution in [0.2, 0.25) is 0 Å². The number of anilines is 1. The molecule has 0 aliphatic heterocycles. The number of nitrogens with zero attached hydrogens (tertiary/aromatic N) is 3. The van der Waals surface area contributed by atoms with Gasteiger partial charge in [0.2, 0.25) is 0 Å². The summed E-state index contributed by atoms with van der Waals surface area (Å²) >= 11 is 0. The van der Waals surface area contributed by atoms with Crippen molar-refractivity contribution in [3.05, 3.63) is 52.1 Å². The second-order valence-corrected chi connectivity index (χ2v) is 3.46. The van der Waals surface area contributed by atoms with Crippen molar-refractivity contribution in [1.82, 2.24) is 15.2 Å². The van der Waals surface area contributed by atoms with Gasteiger partial charge in [0.25, 0.3) is 0 Å². The molecule has 0 aliphatic rings. The Kier molecular flexibility index (Phi) is 3.25. The first-order chi connectivity index (χ1) is 8.24. The minimum absolute atomic E-state index is 0.303.